The van der Waals surface area contributed by atoms with Crippen molar-refractivity contribution in [2.75, 3.05) is 9.80 Å². The molecule has 0 aromatic heterocycles. The van der Waals surface area contributed by atoms with Crippen LogP contribution in [0.25, 0.3) is 11.1 Å². The zero-order chi connectivity index (χ0) is 28.7. The van der Waals surface area contributed by atoms with Crippen LogP contribution in [0.1, 0.15) is 20.7 Å². The average Bonchev–Trinajstić information content (AvgIpc) is 3.07. The first-order chi connectivity index (χ1) is 20.7. The summed E-state index contributed by atoms with van der Waals surface area (Å²) in [6, 6.07) is 52.7. The third-order valence-corrected chi connectivity index (χ3v) is 7.19. The number of anilines is 6. The van der Waals surface area contributed by atoms with Gasteiger partial charge < -0.3 is 9.80 Å². The van der Waals surface area contributed by atoms with Gasteiger partial charge in [0.2, 0.25) is 0 Å². The minimum atomic E-state index is 0.617. The molecule has 0 N–H and O–H groups in total. The maximum absolute atomic E-state index is 11.2. The highest BCUT2D eigenvalue weighted by Gasteiger charge is 2.14. The van der Waals surface area contributed by atoms with E-state index in [0.29, 0.717) is 11.1 Å². The third kappa shape index (κ3) is 5.60. The number of hydrogen-bond donors (Lipinski definition) is 0. The summed E-state index contributed by atoms with van der Waals surface area (Å²) in [4.78, 5) is 26.8. The lowest BCUT2D eigenvalue weighted by Crippen LogP contribution is -2.10. The quantitative estimate of drug-likeness (QED) is 0.170. The van der Waals surface area contributed by atoms with Crippen LogP contribution >= 0.6 is 0 Å². The fraction of sp³-hybridized carbons (Fsp3) is 0. The first-order valence-electron chi connectivity index (χ1n) is 13.7. The number of benzene rings is 6. The summed E-state index contributed by atoms with van der Waals surface area (Å²) >= 11 is 0. The van der Waals surface area contributed by atoms with Gasteiger partial charge in [0.1, 0.15) is 12.6 Å². The molecule has 0 radical (unpaired) electrons. The summed E-state index contributed by atoms with van der Waals surface area (Å²) < 4.78 is 0. The molecular formula is C38H28N2O2. The first-order valence-corrected chi connectivity index (χ1v) is 13.7. The lowest BCUT2D eigenvalue weighted by Gasteiger charge is -2.26. The van der Waals surface area contributed by atoms with Crippen LogP contribution in [-0.4, -0.2) is 12.6 Å². The molecule has 0 heterocycles. The second kappa shape index (κ2) is 12.2. The summed E-state index contributed by atoms with van der Waals surface area (Å²) in [6.45, 7) is 0. The highest BCUT2D eigenvalue weighted by molar-refractivity contribution is 5.83. The van der Waals surface area contributed by atoms with Crippen molar-refractivity contribution < 1.29 is 9.59 Å². The van der Waals surface area contributed by atoms with E-state index in [0.717, 1.165) is 57.8 Å². The molecule has 0 bridgehead atoms. The Morgan fingerprint density at radius 3 is 0.857 bits per heavy atom. The van der Waals surface area contributed by atoms with E-state index >= 15 is 0 Å². The number of hydrogen-bond acceptors (Lipinski definition) is 4. The minimum absolute atomic E-state index is 0.617. The van der Waals surface area contributed by atoms with Crippen molar-refractivity contribution in [1.29, 1.82) is 0 Å². The highest BCUT2D eigenvalue weighted by Crippen LogP contribution is 2.37. The van der Waals surface area contributed by atoms with Crippen molar-refractivity contribution in [3.8, 4) is 11.1 Å². The Labute approximate surface area is 245 Å². The summed E-state index contributed by atoms with van der Waals surface area (Å²) in [5, 5.41) is 0. The van der Waals surface area contributed by atoms with E-state index in [-0.39, 0.29) is 0 Å². The van der Waals surface area contributed by atoms with Gasteiger partial charge in [-0.25, -0.2) is 0 Å². The van der Waals surface area contributed by atoms with Gasteiger partial charge in [-0.2, -0.15) is 0 Å². The molecule has 0 aliphatic carbocycles. The summed E-state index contributed by atoms with van der Waals surface area (Å²) in [5.74, 6) is 0. The number of para-hydroxylation sites is 2. The van der Waals surface area contributed by atoms with Crippen molar-refractivity contribution in [2.45, 2.75) is 0 Å². The molecule has 0 saturated carbocycles. The maximum Gasteiger partial charge on any atom is 0.150 e. The smallest absolute Gasteiger partial charge is 0.150 e. The van der Waals surface area contributed by atoms with Crippen LogP contribution in [0.3, 0.4) is 0 Å². The molecule has 0 atom stereocenters. The van der Waals surface area contributed by atoms with Crippen molar-refractivity contribution in [2.24, 2.45) is 0 Å². The van der Waals surface area contributed by atoms with Crippen LogP contribution in [0.5, 0.6) is 0 Å². The number of aldehydes is 2. The molecule has 6 aromatic carbocycles. The lowest BCUT2D eigenvalue weighted by atomic mass is 10.0. The van der Waals surface area contributed by atoms with E-state index in [1.54, 1.807) is 24.3 Å². The molecule has 0 aliphatic rings. The summed E-state index contributed by atoms with van der Waals surface area (Å²) in [7, 11) is 0. The lowest BCUT2D eigenvalue weighted by molar-refractivity contribution is 0.111. The molecule has 0 aliphatic heterocycles. The van der Waals surface area contributed by atoms with Gasteiger partial charge in [0.05, 0.1) is 0 Å². The molecular weight excluding hydrogens is 516 g/mol. The number of carbonyl (C=O) groups excluding carboxylic acids is 2. The zero-order valence-electron chi connectivity index (χ0n) is 22.9. The second-order valence-electron chi connectivity index (χ2n) is 9.85. The minimum Gasteiger partial charge on any atom is -0.311 e. The van der Waals surface area contributed by atoms with E-state index in [1.165, 1.54) is 0 Å². The van der Waals surface area contributed by atoms with Gasteiger partial charge in [-0.05, 0) is 108 Å². The largest absolute Gasteiger partial charge is 0.311 e. The van der Waals surface area contributed by atoms with Gasteiger partial charge in [0.15, 0.2) is 0 Å². The maximum atomic E-state index is 11.2. The van der Waals surface area contributed by atoms with Gasteiger partial charge in [-0.1, -0.05) is 60.7 Å². The van der Waals surface area contributed by atoms with Crippen LogP contribution < -0.4 is 9.80 Å². The van der Waals surface area contributed by atoms with E-state index in [2.05, 4.69) is 107 Å². The topological polar surface area (TPSA) is 40.6 Å². The molecule has 6 aromatic rings. The monoisotopic (exact) mass is 544 g/mol. The van der Waals surface area contributed by atoms with Gasteiger partial charge in [-0.15, -0.1) is 0 Å². The Morgan fingerprint density at radius 1 is 0.310 bits per heavy atom. The molecule has 0 unspecified atom stereocenters. The predicted molar refractivity (Wildman–Crippen MR) is 172 cm³/mol. The SMILES string of the molecule is O=Cc1ccc(N(c2ccc(C=O)cc2)c2ccc(-c3ccc(N(c4ccccc4)c4ccccc4)cc3)cc2)cc1. The molecule has 0 spiro atoms. The standard InChI is InChI=1S/C38H28N2O2/c41-27-29-11-19-35(20-12-29)40(36-21-13-30(28-42)14-22-36)38-25-17-32(18-26-38)31-15-23-37(24-16-31)39(33-7-3-1-4-8-33)34-9-5-2-6-10-34/h1-28H. The Morgan fingerprint density at radius 2 is 0.571 bits per heavy atom. The van der Waals surface area contributed by atoms with Crippen LogP contribution in [0.15, 0.2) is 158 Å². The van der Waals surface area contributed by atoms with Crippen LogP contribution in [0.4, 0.5) is 34.1 Å². The Hall–Kier alpha value is -5.74. The van der Waals surface area contributed by atoms with Gasteiger partial charge >= 0.3 is 0 Å². The fourth-order valence-electron chi connectivity index (χ4n) is 5.06. The first kappa shape index (κ1) is 26.5. The summed E-state index contributed by atoms with van der Waals surface area (Å²) in [5.41, 5.74) is 9.53. The molecule has 202 valence electrons. The molecule has 4 heteroatoms. The van der Waals surface area contributed by atoms with Crippen LogP contribution in [-0.2, 0) is 0 Å². The van der Waals surface area contributed by atoms with Crippen molar-refractivity contribution in [3.05, 3.63) is 169 Å². The number of nitrogens with zero attached hydrogens (tertiary/aromatic N) is 2. The molecule has 0 fully saturated rings. The van der Waals surface area contributed by atoms with Crippen LogP contribution in [0.2, 0.25) is 0 Å². The summed E-state index contributed by atoms with van der Waals surface area (Å²) in [6.07, 6.45) is 1.68. The average molecular weight is 545 g/mol. The Bertz CT molecular complexity index is 1670. The van der Waals surface area contributed by atoms with Crippen LogP contribution in [0, 0.1) is 0 Å². The second-order valence-corrected chi connectivity index (χ2v) is 9.85. The Kier molecular flexibility index (Phi) is 7.69. The number of rotatable bonds is 9. The molecule has 42 heavy (non-hydrogen) atoms. The zero-order valence-corrected chi connectivity index (χ0v) is 22.9. The van der Waals surface area contributed by atoms with Gasteiger partial charge in [0, 0.05) is 45.3 Å². The number of carbonyl (C=O) groups is 2. The van der Waals surface area contributed by atoms with E-state index in [4.69, 9.17) is 0 Å². The molecule has 6 rings (SSSR count). The van der Waals surface area contributed by atoms with E-state index in [1.807, 2.05) is 36.4 Å². The van der Waals surface area contributed by atoms with E-state index < -0.39 is 0 Å². The van der Waals surface area contributed by atoms with Crippen molar-refractivity contribution in [1.82, 2.24) is 0 Å². The van der Waals surface area contributed by atoms with Crippen molar-refractivity contribution >= 4 is 46.7 Å². The third-order valence-electron chi connectivity index (χ3n) is 7.19. The molecule has 4 nitrogen and oxygen atoms in total. The molecule has 0 amide bonds. The Balaban J connectivity index is 1.31. The van der Waals surface area contributed by atoms with Gasteiger partial charge in [-0.3, -0.25) is 9.59 Å². The predicted octanol–water partition coefficient (Wildman–Crippen LogP) is 9.92. The van der Waals surface area contributed by atoms with E-state index in [9.17, 15) is 9.59 Å². The fourth-order valence-corrected chi connectivity index (χ4v) is 5.06. The highest BCUT2D eigenvalue weighted by atomic mass is 16.1. The molecule has 0 saturated heterocycles. The normalized spacial score (nSPS) is 10.6. The van der Waals surface area contributed by atoms with Gasteiger partial charge in [0.25, 0.3) is 0 Å². The van der Waals surface area contributed by atoms with Crippen molar-refractivity contribution in [3.63, 3.8) is 0 Å².